The van der Waals surface area contributed by atoms with Crippen molar-refractivity contribution in [1.29, 1.82) is 0 Å². The molecule has 100 valence electrons. The molecule has 6 heteroatoms. The van der Waals surface area contributed by atoms with E-state index in [1.807, 2.05) is 14.1 Å². The summed E-state index contributed by atoms with van der Waals surface area (Å²) in [6.07, 6.45) is 0. The van der Waals surface area contributed by atoms with E-state index in [4.69, 9.17) is 5.73 Å². The number of nitro benzene ring substituents is 1. The van der Waals surface area contributed by atoms with Gasteiger partial charge in [0.1, 0.15) is 11.4 Å². The summed E-state index contributed by atoms with van der Waals surface area (Å²) in [7, 11) is 3.94. The number of nitrogens with two attached hydrogens (primary N) is 1. The molecule has 0 bridgehead atoms. The van der Waals surface area contributed by atoms with Gasteiger partial charge < -0.3 is 16.0 Å². The van der Waals surface area contributed by atoms with E-state index in [0.29, 0.717) is 12.2 Å². The third kappa shape index (κ3) is 3.10. The van der Waals surface area contributed by atoms with Gasteiger partial charge in [-0.25, -0.2) is 0 Å². The van der Waals surface area contributed by atoms with Gasteiger partial charge in [-0.2, -0.15) is 0 Å². The quantitative estimate of drug-likeness (QED) is 0.475. The number of hydrogen-bond acceptors (Lipinski definition) is 5. The predicted molar refractivity (Wildman–Crippen MR) is 73.8 cm³/mol. The maximum Gasteiger partial charge on any atom is 0.314 e. The summed E-state index contributed by atoms with van der Waals surface area (Å²) in [5.74, 6) is 0. The molecule has 1 aromatic rings. The first-order valence-corrected chi connectivity index (χ1v) is 5.70. The third-order valence-electron chi connectivity index (χ3n) is 3.17. The number of anilines is 2. The van der Waals surface area contributed by atoms with Crippen LogP contribution in [0.3, 0.4) is 0 Å². The third-order valence-corrected chi connectivity index (χ3v) is 3.17. The highest BCUT2D eigenvalue weighted by atomic mass is 16.6. The molecule has 18 heavy (non-hydrogen) atoms. The fourth-order valence-electron chi connectivity index (χ4n) is 1.38. The average Bonchev–Trinajstić information content (AvgIpc) is 2.25. The highest BCUT2D eigenvalue weighted by Gasteiger charge is 2.23. The zero-order chi connectivity index (χ0) is 13.9. The maximum atomic E-state index is 11.0. The van der Waals surface area contributed by atoms with Crippen LogP contribution in [0.2, 0.25) is 0 Å². The van der Waals surface area contributed by atoms with Gasteiger partial charge in [-0.05, 0) is 40.1 Å². The Morgan fingerprint density at radius 3 is 2.56 bits per heavy atom. The lowest BCUT2D eigenvalue weighted by Crippen LogP contribution is -2.44. The van der Waals surface area contributed by atoms with E-state index in [9.17, 15) is 10.1 Å². The van der Waals surface area contributed by atoms with Crippen LogP contribution in [0.25, 0.3) is 0 Å². The summed E-state index contributed by atoms with van der Waals surface area (Å²) >= 11 is 0. The Morgan fingerprint density at radius 1 is 1.44 bits per heavy atom. The van der Waals surface area contributed by atoms with Gasteiger partial charge >= 0.3 is 5.69 Å². The molecule has 3 N–H and O–H groups in total. The highest BCUT2D eigenvalue weighted by Crippen LogP contribution is 2.30. The van der Waals surface area contributed by atoms with Crippen molar-refractivity contribution in [2.75, 3.05) is 31.7 Å². The topological polar surface area (TPSA) is 84.4 Å². The molecule has 0 fully saturated rings. The van der Waals surface area contributed by atoms with Crippen LogP contribution in [0.15, 0.2) is 18.2 Å². The second-order valence-corrected chi connectivity index (χ2v) is 5.06. The first-order valence-electron chi connectivity index (χ1n) is 5.70. The van der Waals surface area contributed by atoms with Gasteiger partial charge in [-0.3, -0.25) is 10.1 Å². The van der Waals surface area contributed by atoms with Crippen LogP contribution in [0.1, 0.15) is 13.8 Å². The molecule has 0 aliphatic heterocycles. The molecule has 0 unspecified atom stereocenters. The van der Waals surface area contributed by atoms with Gasteiger partial charge in [0.25, 0.3) is 0 Å². The van der Waals surface area contributed by atoms with Gasteiger partial charge in [-0.1, -0.05) is 6.07 Å². The Hall–Kier alpha value is -1.82. The number of benzene rings is 1. The number of likely N-dealkylation sites (N-methyl/N-ethyl adjacent to an activating group) is 1. The van der Waals surface area contributed by atoms with E-state index < -0.39 is 4.92 Å². The number of nitro groups is 1. The molecule has 0 amide bonds. The number of nitrogens with one attached hydrogen (secondary N) is 1. The van der Waals surface area contributed by atoms with Crippen molar-refractivity contribution in [2.45, 2.75) is 19.4 Å². The second-order valence-electron chi connectivity index (χ2n) is 5.06. The van der Waals surface area contributed by atoms with Crippen LogP contribution in [-0.2, 0) is 0 Å². The fourth-order valence-corrected chi connectivity index (χ4v) is 1.38. The van der Waals surface area contributed by atoms with Crippen LogP contribution in [-0.4, -0.2) is 36.0 Å². The number of nitrogens with zero attached hydrogens (tertiary/aromatic N) is 2. The Bertz CT molecular complexity index is 444. The van der Waals surface area contributed by atoms with Crippen molar-refractivity contribution >= 4 is 17.1 Å². The minimum absolute atomic E-state index is 0.0629. The molecule has 0 saturated heterocycles. The van der Waals surface area contributed by atoms with Crippen molar-refractivity contribution < 1.29 is 4.92 Å². The maximum absolute atomic E-state index is 11.0. The molecule has 1 aromatic carbocycles. The van der Waals surface area contributed by atoms with Crippen LogP contribution in [0.4, 0.5) is 17.1 Å². The monoisotopic (exact) mass is 252 g/mol. The average molecular weight is 252 g/mol. The molecule has 0 radical (unpaired) electrons. The number of nitrogen functional groups attached to an aromatic ring is 1. The molecule has 0 atom stereocenters. The number of hydrogen-bond donors (Lipinski definition) is 2. The summed E-state index contributed by atoms with van der Waals surface area (Å²) in [5.41, 5.74) is 6.08. The highest BCUT2D eigenvalue weighted by molar-refractivity contribution is 5.74. The van der Waals surface area contributed by atoms with Crippen molar-refractivity contribution in [2.24, 2.45) is 0 Å². The molecular formula is C12H20N4O2. The summed E-state index contributed by atoms with van der Waals surface area (Å²) in [5, 5.41) is 14.1. The molecule has 6 nitrogen and oxygen atoms in total. The van der Waals surface area contributed by atoms with Crippen molar-refractivity contribution in [3.63, 3.8) is 0 Å². The Kier molecular flexibility index (Phi) is 4.13. The van der Waals surface area contributed by atoms with Crippen LogP contribution in [0.5, 0.6) is 0 Å². The van der Waals surface area contributed by atoms with Crippen molar-refractivity contribution in [1.82, 2.24) is 4.90 Å². The van der Waals surface area contributed by atoms with Gasteiger partial charge in [0.2, 0.25) is 0 Å². The minimum atomic E-state index is -0.458. The Morgan fingerprint density at radius 2 is 2.06 bits per heavy atom. The lowest BCUT2D eigenvalue weighted by Gasteiger charge is -2.32. The van der Waals surface area contributed by atoms with E-state index in [-0.39, 0.29) is 16.9 Å². The molecule has 0 aromatic heterocycles. The molecular weight excluding hydrogens is 232 g/mol. The van der Waals surface area contributed by atoms with E-state index >= 15 is 0 Å². The molecule has 1 rings (SSSR count). The molecule has 0 aliphatic carbocycles. The SMILES string of the molecule is CN(C)C(C)(C)CNc1cccc(N)c1[N+](=O)[O-]. The fraction of sp³-hybridized carbons (Fsp3) is 0.500. The van der Waals surface area contributed by atoms with Gasteiger partial charge in [0.15, 0.2) is 0 Å². The normalized spacial score (nSPS) is 11.6. The van der Waals surface area contributed by atoms with Crippen molar-refractivity contribution in [3.05, 3.63) is 28.3 Å². The molecule has 0 spiro atoms. The van der Waals surface area contributed by atoms with E-state index in [0.717, 1.165) is 0 Å². The lowest BCUT2D eigenvalue weighted by atomic mass is 10.0. The van der Waals surface area contributed by atoms with Gasteiger partial charge in [0.05, 0.1) is 4.92 Å². The standard InChI is InChI=1S/C12H20N4O2/c1-12(2,15(3)4)8-14-10-7-5-6-9(13)11(10)16(17)18/h5-7,14H,8,13H2,1-4H3. The zero-order valence-electron chi connectivity index (χ0n) is 11.2. The molecule has 0 heterocycles. The summed E-state index contributed by atoms with van der Waals surface area (Å²) < 4.78 is 0. The van der Waals surface area contributed by atoms with Gasteiger partial charge in [0, 0.05) is 12.1 Å². The van der Waals surface area contributed by atoms with Crippen LogP contribution in [0, 0.1) is 10.1 Å². The number of para-hydroxylation sites is 1. The van der Waals surface area contributed by atoms with E-state index in [1.54, 1.807) is 12.1 Å². The largest absolute Gasteiger partial charge is 0.393 e. The summed E-state index contributed by atoms with van der Waals surface area (Å²) in [6.45, 7) is 4.69. The first kappa shape index (κ1) is 14.2. The van der Waals surface area contributed by atoms with Crippen LogP contribution < -0.4 is 11.1 Å². The molecule has 0 saturated carbocycles. The van der Waals surface area contributed by atoms with Crippen LogP contribution >= 0.6 is 0 Å². The smallest absolute Gasteiger partial charge is 0.314 e. The molecule has 0 aliphatic rings. The minimum Gasteiger partial charge on any atom is -0.393 e. The first-order chi connectivity index (χ1) is 8.25. The summed E-state index contributed by atoms with van der Waals surface area (Å²) in [4.78, 5) is 12.6. The zero-order valence-corrected chi connectivity index (χ0v) is 11.2. The van der Waals surface area contributed by atoms with E-state index in [1.165, 1.54) is 6.07 Å². The summed E-state index contributed by atoms with van der Waals surface area (Å²) in [6, 6.07) is 4.90. The Labute approximate surface area is 107 Å². The second kappa shape index (κ2) is 5.22. The van der Waals surface area contributed by atoms with E-state index in [2.05, 4.69) is 24.1 Å². The number of rotatable bonds is 5. The van der Waals surface area contributed by atoms with Crippen molar-refractivity contribution in [3.8, 4) is 0 Å². The van der Waals surface area contributed by atoms with Gasteiger partial charge in [-0.15, -0.1) is 0 Å². The Balaban J connectivity index is 2.92. The lowest BCUT2D eigenvalue weighted by molar-refractivity contribution is -0.383. The predicted octanol–water partition coefficient (Wildman–Crippen LogP) is 1.93.